The third-order valence-electron chi connectivity index (χ3n) is 2.01. The minimum atomic E-state index is 0.132. The lowest BCUT2D eigenvalue weighted by Gasteiger charge is -2.09. The Morgan fingerprint density at radius 1 is 1.44 bits per heavy atom. The highest BCUT2D eigenvalue weighted by Gasteiger charge is 2.05. The molecule has 1 heterocycles. The minimum Gasteiger partial charge on any atom is -0.467 e. The van der Waals surface area contributed by atoms with Crippen molar-refractivity contribution in [1.82, 2.24) is 15.0 Å². The molecule has 0 aliphatic carbocycles. The predicted octanol–water partition coefficient (Wildman–Crippen LogP) is 2.09. The van der Waals surface area contributed by atoms with Gasteiger partial charge in [-0.1, -0.05) is 6.92 Å². The Kier molecular flexibility index (Phi) is 5.62. The highest BCUT2D eigenvalue weighted by molar-refractivity contribution is 7.99. The van der Waals surface area contributed by atoms with Gasteiger partial charge in [0.15, 0.2) is 0 Å². The first kappa shape index (κ1) is 13.3. The third kappa shape index (κ3) is 4.40. The van der Waals surface area contributed by atoms with Crippen molar-refractivity contribution in [2.45, 2.75) is 18.6 Å². The fourth-order valence-electron chi connectivity index (χ4n) is 1.01. The molecule has 1 aromatic rings. The molecule has 0 bridgehead atoms. The van der Waals surface area contributed by atoms with Crippen LogP contribution in [0.15, 0.2) is 0 Å². The maximum absolute atomic E-state index is 5.71. The van der Waals surface area contributed by atoms with E-state index in [1.807, 2.05) is 11.8 Å². The monoisotopic (exact) mass is 262 g/mol. The van der Waals surface area contributed by atoms with E-state index in [4.69, 9.17) is 16.3 Å². The first-order valence-electron chi connectivity index (χ1n) is 4.88. The van der Waals surface area contributed by atoms with Gasteiger partial charge in [0.1, 0.15) is 0 Å². The lowest BCUT2D eigenvalue weighted by Crippen LogP contribution is -2.11. The summed E-state index contributed by atoms with van der Waals surface area (Å²) in [6.45, 7) is 2.97. The Balaban J connectivity index is 2.50. The van der Waals surface area contributed by atoms with Crippen molar-refractivity contribution < 1.29 is 4.74 Å². The summed E-state index contributed by atoms with van der Waals surface area (Å²) in [6, 6.07) is 0.223. The Bertz CT molecular complexity index is 339. The number of thioether (sulfide) groups is 1. The van der Waals surface area contributed by atoms with E-state index in [2.05, 4.69) is 33.4 Å². The number of aromatic nitrogens is 3. The van der Waals surface area contributed by atoms with Gasteiger partial charge in [0.2, 0.25) is 11.2 Å². The summed E-state index contributed by atoms with van der Waals surface area (Å²) in [5.74, 6) is 0.449. The molecule has 90 valence electrons. The Labute approximate surface area is 104 Å². The minimum absolute atomic E-state index is 0.132. The van der Waals surface area contributed by atoms with Crippen molar-refractivity contribution in [2.75, 3.05) is 25.2 Å². The number of anilines is 1. The second kappa shape index (κ2) is 6.75. The van der Waals surface area contributed by atoms with Gasteiger partial charge in [0.05, 0.1) is 7.11 Å². The van der Waals surface area contributed by atoms with Crippen LogP contribution in [0, 0.1) is 0 Å². The van der Waals surface area contributed by atoms with Gasteiger partial charge in [-0.2, -0.15) is 26.7 Å². The summed E-state index contributed by atoms with van der Waals surface area (Å²) in [7, 11) is 1.49. The van der Waals surface area contributed by atoms with Crippen LogP contribution < -0.4 is 10.1 Å². The van der Waals surface area contributed by atoms with E-state index in [9.17, 15) is 0 Å². The van der Waals surface area contributed by atoms with Crippen LogP contribution in [-0.2, 0) is 0 Å². The molecule has 1 N–H and O–H groups in total. The predicted molar refractivity (Wildman–Crippen MR) is 67.5 cm³/mol. The van der Waals surface area contributed by atoms with Crippen LogP contribution >= 0.6 is 23.4 Å². The van der Waals surface area contributed by atoms with E-state index < -0.39 is 0 Å². The smallest absolute Gasteiger partial charge is 0.322 e. The van der Waals surface area contributed by atoms with E-state index in [-0.39, 0.29) is 11.3 Å². The number of halogens is 1. The number of methoxy groups -OCH3 is 1. The summed E-state index contributed by atoms with van der Waals surface area (Å²) in [6.07, 6.45) is 3.13. The normalized spacial score (nSPS) is 12.2. The number of rotatable bonds is 6. The van der Waals surface area contributed by atoms with Gasteiger partial charge < -0.3 is 10.1 Å². The summed E-state index contributed by atoms with van der Waals surface area (Å²) in [5, 5.41) is 3.82. The number of nitrogens with one attached hydrogen (secondary N) is 1. The highest BCUT2D eigenvalue weighted by Crippen LogP contribution is 2.12. The molecule has 0 aromatic carbocycles. The van der Waals surface area contributed by atoms with Crippen LogP contribution in [0.4, 0.5) is 5.95 Å². The topological polar surface area (TPSA) is 59.9 Å². The van der Waals surface area contributed by atoms with Crippen LogP contribution in [-0.4, -0.2) is 40.1 Å². The molecule has 0 amide bonds. The maximum Gasteiger partial charge on any atom is 0.322 e. The van der Waals surface area contributed by atoms with Gasteiger partial charge in [0, 0.05) is 11.8 Å². The van der Waals surface area contributed by atoms with Gasteiger partial charge in [-0.15, -0.1) is 0 Å². The first-order valence-corrected chi connectivity index (χ1v) is 6.54. The van der Waals surface area contributed by atoms with E-state index in [1.54, 1.807) is 0 Å². The first-order chi connectivity index (χ1) is 7.65. The number of hydrogen-bond donors (Lipinski definition) is 1. The van der Waals surface area contributed by atoms with Crippen LogP contribution in [0.2, 0.25) is 5.28 Å². The van der Waals surface area contributed by atoms with Crippen LogP contribution in [0.3, 0.4) is 0 Å². The van der Waals surface area contributed by atoms with Crippen molar-refractivity contribution in [3.05, 3.63) is 5.28 Å². The number of hydrogen-bond acceptors (Lipinski definition) is 6. The molecule has 1 rings (SSSR count). The third-order valence-corrected chi connectivity index (χ3v) is 3.22. The average molecular weight is 263 g/mol. The molecule has 0 radical (unpaired) electrons. The largest absolute Gasteiger partial charge is 0.467 e. The summed E-state index contributed by atoms with van der Waals surface area (Å²) >= 11 is 7.54. The average Bonchev–Trinajstić information content (AvgIpc) is 2.28. The lowest BCUT2D eigenvalue weighted by molar-refractivity contribution is 0.379. The Hall–Kier alpha value is -0.750. The molecule has 0 saturated carbocycles. The molecular weight excluding hydrogens is 248 g/mol. The van der Waals surface area contributed by atoms with E-state index in [0.29, 0.717) is 11.2 Å². The standard InChI is InChI=1S/C9H15ClN4OS/c1-6(16-3)4-5-11-8-12-7(10)13-9(14-8)15-2/h6H,4-5H2,1-3H3,(H,11,12,13,14). The van der Waals surface area contributed by atoms with Crippen molar-refractivity contribution in [3.8, 4) is 6.01 Å². The lowest BCUT2D eigenvalue weighted by atomic mass is 10.3. The van der Waals surface area contributed by atoms with Gasteiger partial charge in [0.25, 0.3) is 0 Å². The molecule has 0 fully saturated rings. The SMILES string of the molecule is COc1nc(Cl)nc(NCCC(C)SC)n1. The molecule has 1 atom stereocenters. The second-order valence-electron chi connectivity index (χ2n) is 3.18. The zero-order chi connectivity index (χ0) is 12.0. The van der Waals surface area contributed by atoms with Crippen molar-refractivity contribution in [2.24, 2.45) is 0 Å². The molecule has 1 unspecified atom stereocenters. The summed E-state index contributed by atoms with van der Waals surface area (Å²) < 4.78 is 4.89. The molecular formula is C9H15ClN4OS. The van der Waals surface area contributed by atoms with E-state index >= 15 is 0 Å². The van der Waals surface area contributed by atoms with E-state index in [0.717, 1.165) is 13.0 Å². The molecule has 16 heavy (non-hydrogen) atoms. The molecule has 0 spiro atoms. The zero-order valence-corrected chi connectivity index (χ0v) is 11.1. The molecule has 0 aliphatic heterocycles. The van der Waals surface area contributed by atoms with Crippen LogP contribution in [0.25, 0.3) is 0 Å². The zero-order valence-electron chi connectivity index (χ0n) is 9.53. The quantitative estimate of drug-likeness (QED) is 0.847. The maximum atomic E-state index is 5.71. The van der Waals surface area contributed by atoms with E-state index in [1.165, 1.54) is 7.11 Å². The van der Waals surface area contributed by atoms with Gasteiger partial charge in [-0.05, 0) is 24.3 Å². The fraction of sp³-hybridized carbons (Fsp3) is 0.667. The summed E-state index contributed by atoms with van der Waals surface area (Å²) in [5.41, 5.74) is 0. The fourth-order valence-corrected chi connectivity index (χ4v) is 1.51. The molecule has 5 nitrogen and oxygen atoms in total. The molecule has 0 aliphatic rings. The number of ether oxygens (including phenoxy) is 1. The Morgan fingerprint density at radius 3 is 2.81 bits per heavy atom. The molecule has 1 aromatic heterocycles. The van der Waals surface area contributed by atoms with Crippen LogP contribution in [0.5, 0.6) is 6.01 Å². The molecule has 7 heteroatoms. The van der Waals surface area contributed by atoms with Crippen molar-refractivity contribution >= 4 is 29.3 Å². The summed E-state index contributed by atoms with van der Waals surface area (Å²) in [4.78, 5) is 11.8. The van der Waals surface area contributed by atoms with Crippen molar-refractivity contribution in [1.29, 1.82) is 0 Å². The van der Waals surface area contributed by atoms with Crippen molar-refractivity contribution in [3.63, 3.8) is 0 Å². The highest BCUT2D eigenvalue weighted by atomic mass is 35.5. The van der Waals surface area contributed by atoms with Gasteiger partial charge in [-0.3, -0.25) is 0 Å². The molecule has 0 saturated heterocycles. The number of nitrogens with zero attached hydrogens (tertiary/aromatic N) is 3. The van der Waals surface area contributed by atoms with Gasteiger partial charge >= 0.3 is 6.01 Å². The second-order valence-corrected chi connectivity index (χ2v) is 4.79. The Morgan fingerprint density at radius 2 is 2.19 bits per heavy atom. The van der Waals surface area contributed by atoms with Gasteiger partial charge in [-0.25, -0.2) is 0 Å². The van der Waals surface area contributed by atoms with Crippen LogP contribution in [0.1, 0.15) is 13.3 Å².